The van der Waals surface area contributed by atoms with Crippen LogP contribution in [0.2, 0.25) is 5.02 Å². The first kappa shape index (κ1) is 15.7. The molecule has 0 aliphatic carbocycles. The molecule has 112 valence electrons. The van der Waals surface area contributed by atoms with Crippen molar-refractivity contribution in [2.24, 2.45) is 11.7 Å². The maximum atomic E-state index is 6.44. The maximum absolute atomic E-state index is 6.44. The molecule has 0 radical (unpaired) electrons. The molecule has 1 heterocycles. The number of nitrogens with zero attached hydrogens (tertiary/aromatic N) is 1. The highest BCUT2D eigenvalue weighted by atomic mass is 35.5. The van der Waals surface area contributed by atoms with Crippen molar-refractivity contribution in [1.29, 1.82) is 0 Å². The number of anilines is 1. The van der Waals surface area contributed by atoms with Gasteiger partial charge in [0.25, 0.3) is 0 Å². The molecule has 1 fully saturated rings. The van der Waals surface area contributed by atoms with Gasteiger partial charge < -0.3 is 10.6 Å². The Balaban J connectivity index is 2.28. The minimum atomic E-state index is 0.188. The number of hydrogen-bond acceptors (Lipinski definition) is 2. The first-order chi connectivity index (χ1) is 9.52. The largest absolute Gasteiger partial charge is 0.369 e. The van der Waals surface area contributed by atoms with Crippen molar-refractivity contribution in [1.82, 2.24) is 0 Å². The van der Waals surface area contributed by atoms with E-state index in [9.17, 15) is 0 Å². The quantitative estimate of drug-likeness (QED) is 0.900. The fourth-order valence-electron chi connectivity index (χ4n) is 3.19. The zero-order valence-corrected chi connectivity index (χ0v) is 13.7. The lowest BCUT2D eigenvalue weighted by molar-refractivity contribution is 0.377. The number of nitrogens with two attached hydrogens (primary N) is 1. The smallest absolute Gasteiger partial charge is 0.0459 e. The molecule has 0 saturated carbocycles. The van der Waals surface area contributed by atoms with E-state index in [-0.39, 0.29) is 6.04 Å². The monoisotopic (exact) mass is 294 g/mol. The van der Waals surface area contributed by atoms with Gasteiger partial charge in [0.15, 0.2) is 0 Å². The highest BCUT2D eigenvalue weighted by Crippen LogP contribution is 2.34. The van der Waals surface area contributed by atoms with Crippen LogP contribution in [0.4, 0.5) is 5.69 Å². The predicted molar refractivity (Wildman–Crippen MR) is 88.6 cm³/mol. The molecular weight excluding hydrogens is 268 g/mol. The molecule has 3 unspecified atom stereocenters. The summed E-state index contributed by atoms with van der Waals surface area (Å²) in [6.07, 6.45) is 4.36. The molecule has 1 aliphatic rings. The Morgan fingerprint density at radius 1 is 1.40 bits per heavy atom. The van der Waals surface area contributed by atoms with Crippen molar-refractivity contribution < 1.29 is 0 Å². The van der Waals surface area contributed by atoms with Crippen molar-refractivity contribution in [2.45, 2.75) is 58.5 Å². The summed E-state index contributed by atoms with van der Waals surface area (Å²) in [6, 6.07) is 7.01. The van der Waals surface area contributed by atoms with Gasteiger partial charge in [-0.05, 0) is 56.2 Å². The standard InChI is InChI=1S/C17H27ClN2/c1-4-14(19)11-15-16(18)6-5-7-17(15)20-9-8-12(2)10-13(20)3/h5-7,12-14H,4,8-11,19H2,1-3H3. The molecule has 2 rings (SSSR count). The Kier molecular flexibility index (Phi) is 5.34. The number of hydrogen-bond donors (Lipinski definition) is 1. The highest BCUT2D eigenvalue weighted by Gasteiger charge is 2.25. The molecule has 1 saturated heterocycles. The Morgan fingerprint density at radius 3 is 2.80 bits per heavy atom. The molecule has 20 heavy (non-hydrogen) atoms. The predicted octanol–water partition coefficient (Wildman–Crippen LogP) is 4.24. The van der Waals surface area contributed by atoms with Crippen LogP contribution in [0.3, 0.4) is 0 Å². The minimum Gasteiger partial charge on any atom is -0.369 e. The van der Waals surface area contributed by atoms with Crippen molar-refractivity contribution in [3.8, 4) is 0 Å². The molecule has 1 aliphatic heterocycles. The summed E-state index contributed by atoms with van der Waals surface area (Å²) in [6.45, 7) is 7.92. The summed E-state index contributed by atoms with van der Waals surface area (Å²) in [7, 11) is 0. The van der Waals surface area contributed by atoms with Crippen molar-refractivity contribution in [2.75, 3.05) is 11.4 Å². The van der Waals surface area contributed by atoms with Crippen LogP contribution in [0, 0.1) is 5.92 Å². The zero-order valence-electron chi connectivity index (χ0n) is 12.9. The van der Waals surface area contributed by atoms with E-state index < -0.39 is 0 Å². The molecule has 2 N–H and O–H groups in total. The lowest BCUT2D eigenvalue weighted by Gasteiger charge is -2.39. The van der Waals surface area contributed by atoms with E-state index in [0.29, 0.717) is 6.04 Å². The van der Waals surface area contributed by atoms with Gasteiger partial charge >= 0.3 is 0 Å². The van der Waals surface area contributed by atoms with Crippen LogP contribution in [0.5, 0.6) is 0 Å². The zero-order chi connectivity index (χ0) is 14.7. The van der Waals surface area contributed by atoms with E-state index >= 15 is 0 Å². The van der Waals surface area contributed by atoms with E-state index in [1.807, 2.05) is 6.07 Å². The van der Waals surface area contributed by atoms with Crippen LogP contribution < -0.4 is 10.6 Å². The molecule has 0 aromatic heterocycles. The highest BCUT2D eigenvalue weighted by molar-refractivity contribution is 6.31. The number of rotatable bonds is 4. The van der Waals surface area contributed by atoms with Gasteiger partial charge in [-0.3, -0.25) is 0 Å². The second-order valence-electron chi connectivity index (χ2n) is 6.28. The van der Waals surface area contributed by atoms with Crippen LogP contribution in [-0.2, 0) is 6.42 Å². The summed E-state index contributed by atoms with van der Waals surface area (Å²) in [5.74, 6) is 0.821. The van der Waals surface area contributed by atoms with Gasteiger partial charge in [-0.2, -0.15) is 0 Å². The van der Waals surface area contributed by atoms with Gasteiger partial charge in [0.2, 0.25) is 0 Å². The Labute approximate surface area is 128 Å². The lowest BCUT2D eigenvalue weighted by Crippen LogP contribution is -2.41. The Bertz CT molecular complexity index is 447. The fraction of sp³-hybridized carbons (Fsp3) is 0.647. The van der Waals surface area contributed by atoms with Crippen LogP contribution in [0.1, 0.15) is 45.6 Å². The molecule has 2 nitrogen and oxygen atoms in total. The molecule has 3 heteroatoms. The normalized spacial score (nSPS) is 24.8. The third kappa shape index (κ3) is 3.48. The van der Waals surface area contributed by atoms with Gasteiger partial charge in [0.1, 0.15) is 0 Å². The van der Waals surface area contributed by atoms with Crippen LogP contribution in [0.15, 0.2) is 18.2 Å². The average Bonchev–Trinajstić information content (AvgIpc) is 2.41. The summed E-state index contributed by atoms with van der Waals surface area (Å²) >= 11 is 6.44. The molecular formula is C17H27ClN2. The number of piperidine rings is 1. The molecule has 1 aromatic rings. The first-order valence-corrected chi connectivity index (χ1v) is 8.20. The van der Waals surface area contributed by atoms with Gasteiger partial charge in [0.05, 0.1) is 0 Å². The van der Waals surface area contributed by atoms with E-state index in [0.717, 1.165) is 30.3 Å². The van der Waals surface area contributed by atoms with Gasteiger partial charge in [-0.1, -0.05) is 31.5 Å². The molecule has 0 bridgehead atoms. The third-order valence-corrected chi connectivity index (χ3v) is 4.89. The van der Waals surface area contributed by atoms with Crippen LogP contribution in [0.25, 0.3) is 0 Å². The van der Waals surface area contributed by atoms with E-state index in [1.165, 1.54) is 24.1 Å². The molecule has 1 aromatic carbocycles. The van der Waals surface area contributed by atoms with Crippen molar-refractivity contribution in [3.63, 3.8) is 0 Å². The topological polar surface area (TPSA) is 29.3 Å². The SMILES string of the molecule is CCC(N)Cc1c(Cl)cccc1N1CCC(C)CC1C. The molecule has 3 atom stereocenters. The van der Waals surface area contributed by atoms with E-state index in [4.69, 9.17) is 17.3 Å². The van der Waals surface area contributed by atoms with Gasteiger partial charge in [0, 0.05) is 29.3 Å². The number of halogens is 1. The first-order valence-electron chi connectivity index (χ1n) is 7.82. The van der Waals surface area contributed by atoms with Crippen LogP contribution >= 0.6 is 11.6 Å². The van der Waals surface area contributed by atoms with Crippen LogP contribution in [-0.4, -0.2) is 18.6 Å². The summed E-state index contributed by atoms with van der Waals surface area (Å²) in [4.78, 5) is 2.52. The van der Waals surface area contributed by atoms with E-state index in [2.05, 4.69) is 37.8 Å². The van der Waals surface area contributed by atoms with Gasteiger partial charge in [-0.25, -0.2) is 0 Å². The Morgan fingerprint density at radius 2 is 2.15 bits per heavy atom. The van der Waals surface area contributed by atoms with E-state index in [1.54, 1.807) is 0 Å². The third-order valence-electron chi connectivity index (χ3n) is 4.53. The summed E-state index contributed by atoms with van der Waals surface area (Å²) in [5.41, 5.74) is 8.67. The summed E-state index contributed by atoms with van der Waals surface area (Å²) in [5, 5.41) is 0.859. The lowest BCUT2D eigenvalue weighted by atomic mass is 9.91. The van der Waals surface area contributed by atoms with Crippen molar-refractivity contribution in [3.05, 3.63) is 28.8 Å². The summed E-state index contributed by atoms with van der Waals surface area (Å²) < 4.78 is 0. The molecule has 0 spiro atoms. The maximum Gasteiger partial charge on any atom is 0.0459 e. The Hall–Kier alpha value is -0.730. The average molecular weight is 295 g/mol. The number of benzene rings is 1. The molecule has 0 amide bonds. The minimum absolute atomic E-state index is 0.188. The fourth-order valence-corrected chi connectivity index (χ4v) is 3.44. The second kappa shape index (κ2) is 6.82. The van der Waals surface area contributed by atoms with Crippen molar-refractivity contribution >= 4 is 17.3 Å². The van der Waals surface area contributed by atoms with Gasteiger partial charge in [-0.15, -0.1) is 0 Å². The second-order valence-corrected chi connectivity index (χ2v) is 6.69.